The molecule has 1 saturated heterocycles. The van der Waals surface area contributed by atoms with Crippen molar-refractivity contribution in [1.82, 2.24) is 15.0 Å². The highest BCUT2D eigenvalue weighted by Crippen LogP contribution is 2.24. The van der Waals surface area contributed by atoms with Crippen LogP contribution in [0.4, 0.5) is 0 Å². The molecule has 1 aliphatic rings. The smallest absolute Gasteiger partial charge is 0.257 e. The Morgan fingerprint density at radius 2 is 2.19 bits per heavy atom. The zero-order chi connectivity index (χ0) is 14.5. The summed E-state index contributed by atoms with van der Waals surface area (Å²) in [6.07, 6.45) is 0. The van der Waals surface area contributed by atoms with Crippen LogP contribution in [0.2, 0.25) is 0 Å². The van der Waals surface area contributed by atoms with Crippen molar-refractivity contribution >= 4 is 0 Å². The van der Waals surface area contributed by atoms with E-state index in [0.717, 1.165) is 25.3 Å². The van der Waals surface area contributed by atoms with E-state index >= 15 is 0 Å². The minimum atomic E-state index is 0.0233. The molecule has 0 spiro atoms. The van der Waals surface area contributed by atoms with Crippen LogP contribution in [0.3, 0.4) is 0 Å². The molecule has 3 rings (SSSR count). The minimum Gasteiger partial charge on any atom is -0.383 e. The van der Waals surface area contributed by atoms with Gasteiger partial charge in [-0.15, -0.1) is 0 Å². The van der Waals surface area contributed by atoms with Gasteiger partial charge in [-0.1, -0.05) is 23.4 Å². The second-order valence-corrected chi connectivity index (χ2v) is 4.94. The lowest BCUT2D eigenvalue weighted by Crippen LogP contribution is -2.41. The van der Waals surface area contributed by atoms with Crippen molar-refractivity contribution in [2.45, 2.75) is 6.04 Å². The normalized spacial score (nSPS) is 19.8. The van der Waals surface area contributed by atoms with Gasteiger partial charge in [0.25, 0.3) is 5.89 Å². The lowest BCUT2D eigenvalue weighted by Gasteiger charge is -2.33. The maximum Gasteiger partial charge on any atom is 0.257 e. The van der Waals surface area contributed by atoms with Gasteiger partial charge in [0, 0.05) is 25.8 Å². The Morgan fingerprint density at radius 3 is 3.00 bits per heavy atom. The summed E-state index contributed by atoms with van der Waals surface area (Å²) in [6.45, 7) is 3.67. The number of methoxy groups -OCH3 is 1. The number of ether oxygens (including phenoxy) is 2. The van der Waals surface area contributed by atoms with E-state index < -0.39 is 0 Å². The van der Waals surface area contributed by atoms with Gasteiger partial charge < -0.3 is 14.0 Å². The first-order chi connectivity index (χ1) is 10.4. The molecule has 0 saturated carbocycles. The van der Waals surface area contributed by atoms with Crippen molar-refractivity contribution in [2.75, 3.05) is 40.0 Å². The van der Waals surface area contributed by atoms with Gasteiger partial charge in [0.15, 0.2) is 5.82 Å². The van der Waals surface area contributed by atoms with Crippen LogP contribution in [0, 0.1) is 0 Å². The summed E-state index contributed by atoms with van der Waals surface area (Å²) in [4.78, 5) is 6.79. The van der Waals surface area contributed by atoms with E-state index in [-0.39, 0.29) is 6.04 Å². The molecule has 0 N–H and O–H groups in total. The van der Waals surface area contributed by atoms with Crippen LogP contribution in [-0.2, 0) is 9.47 Å². The average Bonchev–Trinajstić information content (AvgIpc) is 3.04. The SMILES string of the molecule is COCCN1CCOCC1c1noc(-c2ccccc2)n1. The first-order valence-electron chi connectivity index (χ1n) is 7.08. The van der Waals surface area contributed by atoms with Gasteiger partial charge in [-0.2, -0.15) is 4.98 Å². The number of hydrogen-bond acceptors (Lipinski definition) is 6. The van der Waals surface area contributed by atoms with Crippen LogP contribution < -0.4 is 0 Å². The lowest BCUT2D eigenvalue weighted by molar-refractivity contribution is -0.0213. The number of morpholine rings is 1. The zero-order valence-corrected chi connectivity index (χ0v) is 12.1. The van der Waals surface area contributed by atoms with Gasteiger partial charge in [0.2, 0.25) is 0 Å². The number of benzene rings is 1. The Labute approximate surface area is 123 Å². The van der Waals surface area contributed by atoms with Crippen LogP contribution >= 0.6 is 0 Å². The van der Waals surface area contributed by atoms with E-state index in [1.165, 1.54) is 0 Å². The third-order valence-corrected chi connectivity index (χ3v) is 3.58. The fourth-order valence-corrected chi connectivity index (χ4v) is 2.42. The van der Waals surface area contributed by atoms with Gasteiger partial charge in [0.1, 0.15) is 0 Å². The van der Waals surface area contributed by atoms with Gasteiger partial charge in [-0.3, -0.25) is 4.90 Å². The highest BCUT2D eigenvalue weighted by molar-refractivity contribution is 5.52. The number of hydrogen-bond donors (Lipinski definition) is 0. The van der Waals surface area contributed by atoms with Crippen LogP contribution in [0.1, 0.15) is 11.9 Å². The Kier molecular flexibility index (Phi) is 4.59. The van der Waals surface area contributed by atoms with E-state index in [2.05, 4.69) is 15.0 Å². The Hall–Kier alpha value is -1.76. The molecule has 1 aromatic carbocycles. The first kappa shape index (κ1) is 14.2. The van der Waals surface area contributed by atoms with E-state index in [4.69, 9.17) is 14.0 Å². The number of rotatable bonds is 5. The van der Waals surface area contributed by atoms with Crippen molar-refractivity contribution in [3.05, 3.63) is 36.2 Å². The topological polar surface area (TPSA) is 60.6 Å². The largest absolute Gasteiger partial charge is 0.383 e. The van der Waals surface area contributed by atoms with E-state index in [9.17, 15) is 0 Å². The summed E-state index contributed by atoms with van der Waals surface area (Å²) in [7, 11) is 1.71. The Balaban J connectivity index is 1.77. The van der Waals surface area contributed by atoms with Crippen molar-refractivity contribution in [2.24, 2.45) is 0 Å². The molecule has 2 heterocycles. The van der Waals surface area contributed by atoms with E-state index in [1.807, 2.05) is 30.3 Å². The molecule has 6 heteroatoms. The highest BCUT2D eigenvalue weighted by atomic mass is 16.5. The Morgan fingerprint density at radius 1 is 1.33 bits per heavy atom. The molecular weight excluding hydrogens is 270 g/mol. The van der Waals surface area contributed by atoms with Crippen LogP contribution in [0.25, 0.3) is 11.5 Å². The second kappa shape index (κ2) is 6.80. The first-order valence-corrected chi connectivity index (χ1v) is 7.08. The maximum absolute atomic E-state index is 5.56. The zero-order valence-electron chi connectivity index (χ0n) is 12.1. The van der Waals surface area contributed by atoms with E-state index in [0.29, 0.717) is 24.9 Å². The maximum atomic E-state index is 5.56. The monoisotopic (exact) mass is 289 g/mol. The van der Waals surface area contributed by atoms with E-state index in [1.54, 1.807) is 7.11 Å². The van der Waals surface area contributed by atoms with Crippen LogP contribution in [-0.4, -0.2) is 55.1 Å². The fourth-order valence-electron chi connectivity index (χ4n) is 2.42. The van der Waals surface area contributed by atoms with Gasteiger partial charge in [-0.25, -0.2) is 0 Å². The molecule has 21 heavy (non-hydrogen) atoms. The molecule has 0 aliphatic carbocycles. The summed E-state index contributed by atoms with van der Waals surface area (Å²) in [5, 5.41) is 4.13. The molecule has 1 unspecified atom stereocenters. The molecule has 2 aromatic rings. The molecule has 1 atom stereocenters. The van der Waals surface area contributed by atoms with Gasteiger partial charge >= 0.3 is 0 Å². The van der Waals surface area contributed by atoms with Crippen LogP contribution in [0.5, 0.6) is 0 Å². The summed E-state index contributed by atoms with van der Waals surface area (Å²) >= 11 is 0. The van der Waals surface area contributed by atoms with Crippen molar-refractivity contribution in [3.63, 3.8) is 0 Å². The molecule has 6 nitrogen and oxygen atoms in total. The fraction of sp³-hybridized carbons (Fsp3) is 0.467. The van der Waals surface area contributed by atoms with Gasteiger partial charge in [-0.05, 0) is 12.1 Å². The lowest BCUT2D eigenvalue weighted by atomic mass is 10.2. The predicted molar refractivity (Wildman–Crippen MR) is 76.7 cm³/mol. The summed E-state index contributed by atoms with van der Waals surface area (Å²) in [6, 6.07) is 9.80. The number of aromatic nitrogens is 2. The summed E-state index contributed by atoms with van der Waals surface area (Å²) < 4.78 is 16.1. The summed E-state index contributed by atoms with van der Waals surface area (Å²) in [5.74, 6) is 1.22. The third-order valence-electron chi connectivity index (χ3n) is 3.58. The molecule has 1 aliphatic heterocycles. The number of nitrogens with zero attached hydrogens (tertiary/aromatic N) is 3. The molecule has 0 radical (unpaired) electrons. The molecule has 0 bridgehead atoms. The Bertz CT molecular complexity index is 558. The molecule has 1 aromatic heterocycles. The summed E-state index contributed by atoms with van der Waals surface area (Å²) in [5.41, 5.74) is 0.927. The molecule has 112 valence electrons. The van der Waals surface area contributed by atoms with Crippen molar-refractivity contribution in [1.29, 1.82) is 0 Å². The molecular formula is C15H19N3O3. The standard InChI is InChI=1S/C15H19N3O3/c1-19-9-7-18-8-10-20-11-13(18)14-16-15(21-17-14)12-5-3-2-4-6-12/h2-6,13H,7-11H2,1H3. The predicted octanol–water partition coefficient (Wildman–Crippen LogP) is 1.76. The second-order valence-electron chi connectivity index (χ2n) is 4.94. The minimum absolute atomic E-state index is 0.0233. The van der Waals surface area contributed by atoms with Gasteiger partial charge in [0.05, 0.1) is 25.9 Å². The molecule has 0 amide bonds. The van der Waals surface area contributed by atoms with Crippen LogP contribution in [0.15, 0.2) is 34.9 Å². The third kappa shape index (κ3) is 3.29. The van der Waals surface area contributed by atoms with Crippen molar-refractivity contribution < 1.29 is 14.0 Å². The average molecular weight is 289 g/mol. The quantitative estimate of drug-likeness (QED) is 0.836. The highest BCUT2D eigenvalue weighted by Gasteiger charge is 2.28. The van der Waals surface area contributed by atoms with Crippen molar-refractivity contribution in [3.8, 4) is 11.5 Å². The molecule has 1 fully saturated rings.